The number of hydrogen-bond donors (Lipinski definition) is 1. The molecule has 166 valence electrons. The summed E-state index contributed by atoms with van der Waals surface area (Å²) in [5.41, 5.74) is 2.11. The number of carbonyl (C=O) groups is 2. The third-order valence-corrected chi connectivity index (χ3v) is 6.44. The van der Waals surface area contributed by atoms with Crippen LogP contribution in [0.4, 0.5) is 0 Å². The Labute approximate surface area is 197 Å². The molecule has 1 N–H and O–H groups in total. The van der Waals surface area contributed by atoms with Gasteiger partial charge in [0.2, 0.25) is 5.91 Å². The van der Waals surface area contributed by atoms with Crippen molar-refractivity contribution in [2.75, 3.05) is 6.61 Å². The molecule has 7 heteroatoms. The molecule has 31 heavy (non-hydrogen) atoms. The smallest absolute Gasteiger partial charge is 0.261 e. The van der Waals surface area contributed by atoms with Crippen LogP contribution in [-0.2, 0) is 16.1 Å². The summed E-state index contributed by atoms with van der Waals surface area (Å²) in [5.74, 6) is 0.146. The zero-order valence-corrected chi connectivity index (χ0v) is 20.2. The molecule has 1 atom stereocenters. The van der Waals surface area contributed by atoms with Crippen molar-refractivity contribution in [3.8, 4) is 5.75 Å². The van der Waals surface area contributed by atoms with Gasteiger partial charge in [-0.1, -0.05) is 54.3 Å². The van der Waals surface area contributed by atoms with Crippen molar-refractivity contribution in [1.82, 2.24) is 10.2 Å². The van der Waals surface area contributed by atoms with Gasteiger partial charge in [0.25, 0.3) is 5.91 Å². The van der Waals surface area contributed by atoms with Gasteiger partial charge in [-0.05, 0) is 66.4 Å². The molecule has 2 amide bonds. The summed E-state index contributed by atoms with van der Waals surface area (Å²) in [5, 5.41) is 3.68. The summed E-state index contributed by atoms with van der Waals surface area (Å²) in [6, 6.07) is 12.7. The first-order valence-electron chi connectivity index (χ1n) is 10.6. The van der Waals surface area contributed by atoms with E-state index in [1.54, 1.807) is 30.0 Å². The maximum atomic E-state index is 13.1. The molecule has 1 aliphatic carbocycles. The third kappa shape index (κ3) is 6.71. The number of ether oxygens (including phenoxy) is 1. The molecule has 5 nitrogen and oxygen atoms in total. The minimum atomic E-state index is -0.605. The van der Waals surface area contributed by atoms with Crippen molar-refractivity contribution in [2.45, 2.75) is 58.2 Å². The van der Waals surface area contributed by atoms with Crippen molar-refractivity contribution < 1.29 is 14.3 Å². The third-order valence-electron chi connectivity index (χ3n) is 5.59. The van der Waals surface area contributed by atoms with Crippen LogP contribution in [-0.4, -0.2) is 35.4 Å². The second-order valence-corrected chi connectivity index (χ2v) is 9.33. The van der Waals surface area contributed by atoms with Gasteiger partial charge in [0, 0.05) is 17.6 Å². The first-order valence-corrected chi connectivity index (χ1v) is 11.7. The minimum Gasteiger partial charge on any atom is -0.483 e. The maximum Gasteiger partial charge on any atom is 0.261 e. The molecule has 3 rings (SSSR count). The first-order chi connectivity index (χ1) is 14.8. The van der Waals surface area contributed by atoms with Gasteiger partial charge in [-0.25, -0.2) is 0 Å². The molecule has 0 bridgehead atoms. The Morgan fingerprint density at radius 3 is 2.52 bits per heavy atom. The Bertz CT molecular complexity index is 914. The highest BCUT2D eigenvalue weighted by molar-refractivity contribution is 9.10. The quantitative estimate of drug-likeness (QED) is 0.530. The second kappa shape index (κ2) is 11.0. The lowest BCUT2D eigenvalue weighted by Gasteiger charge is -2.29. The lowest BCUT2D eigenvalue weighted by atomic mass is 10.1. The molecular formula is C24H28BrClN2O3. The fraction of sp³-hybridized carbons (Fsp3) is 0.417. The van der Waals surface area contributed by atoms with Crippen molar-refractivity contribution in [3.05, 3.63) is 63.1 Å². The van der Waals surface area contributed by atoms with Crippen LogP contribution in [0, 0.1) is 6.92 Å². The number of nitrogens with one attached hydrogen (secondary N) is 1. The second-order valence-electron chi connectivity index (χ2n) is 8.04. The average molecular weight is 508 g/mol. The minimum absolute atomic E-state index is 0.125. The van der Waals surface area contributed by atoms with E-state index >= 15 is 0 Å². The summed E-state index contributed by atoms with van der Waals surface area (Å²) in [6.45, 7) is 3.95. The van der Waals surface area contributed by atoms with Gasteiger partial charge >= 0.3 is 0 Å². The number of hydrogen-bond acceptors (Lipinski definition) is 3. The van der Waals surface area contributed by atoms with Crippen molar-refractivity contribution in [1.29, 1.82) is 0 Å². The number of benzene rings is 2. The van der Waals surface area contributed by atoms with E-state index in [1.165, 1.54) is 0 Å². The molecule has 0 saturated heterocycles. The van der Waals surface area contributed by atoms with Crippen LogP contribution in [0.3, 0.4) is 0 Å². The number of nitrogens with zero attached hydrogens (tertiary/aromatic N) is 1. The zero-order valence-electron chi connectivity index (χ0n) is 17.9. The van der Waals surface area contributed by atoms with Crippen LogP contribution in [0.25, 0.3) is 0 Å². The largest absolute Gasteiger partial charge is 0.483 e. The number of rotatable bonds is 8. The Hall–Kier alpha value is -2.05. The molecule has 0 radical (unpaired) electrons. The highest BCUT2D eigenvalue weighted by Gasteiger charge is 2.28. The van der Waals surface area contributed by atoms with Crippen molar-refractivity contribution >= 4 is 39.3 Å². The predicted octanol–water partition coefficient (Wildman–Crippen LogP) is 5.27. The van der Waals surface area contributed by atoms with Crippen LogP contribution in [0.5, 0.6) is 5.75 Å². The average Bonchev–Trinajstić information content (AvgIpc) is 3.25. The molecule has 0 aromatic heterocycles. The van der Waals surface area contributed by atoms with Crippen molar-refractivity contribution in [3.63, 3.8) is 0 Å². The highest BCUT2D eigenvalue weighted by atomic mass is 79.9. The van der Waals surface area contributed by atoms with Crippen molar-refractivity contribution in [2.24, 2.45) is 0 Å². The van der Waals surface area contributed by atoms with E-state index in [2.05, 4.69) is 21.2 Å². The predicted molar refractivity (Wildman–Crippen MR) is 126 cm³/mol. The molecule has 0 unspecified atom stereocenters. The van der Waals surface area contributed by atoms with Gasteiger partial charge in [-0.15, -0.1) is 0 Å². The summed E-state index contributed by atoms with van der Waals surface area (Å²) >= 11 is 9.37. The van der Waals surface area contributed by atoms with Gasteiger partial charge in [0.1, 0.15) is 11.8 Å². The van der Waals surface area contributed by atoms with E-state index < -0.39 is 6.04 Å². The zero-order chi connectivity index (χ0) is 22.4. The van der Waals surface area contributed by atoms with E-state index in [-0.39, 0.29) is 24.5 Å². The Kier molecular flexibility index (Phi) is 8.38. The van der Waals surface area contributed by atoms with Gasteiger partial charge in [-0.3, -0.25) is 9.59 Å². The summed E-state index contributed by atoms with van der Waals surface area (Å²) in [7, 11) is 0. The summed E-state index contributed by atoms with van der Waals surface area (Å²) < 4.78 is 6.40. The standard InChI is InChI=1S/C24H28BrClN2O3/c1-16-7-9-18(10-8-16)14-28(17(2)24(30)27-20-5-3-4-6-20)23(29)15-31-22-12-11-19(26)13-21(22)25/h7-13,17,20H,3-6,14-15H2,1-2H3,(H,27,30)/t17-/m0/s1. The number of halogens is 2. The lowest BCUT2D eigenvalue weighted by Crippen LogP contribution is -2.50. The molecule has 1 fully saturated rings. The monoisotopic (exact) mass is 506 g/mol. The van der Waals surface area contributed by atoms with Crippen LogP contribution in [0.2, 0.25) is 5.02 Å². The molecule has 2 aromatic rings. The van der Waals surface area contributed by atoms with E-state index in [1.807, 2.05) is 31.2 Å². The Morgan fingerprint density at radius 2 is 1.87 bits per heavy atom. The molecule has 1 saturated carbocycles. The Morgan fingerprint density at radius 1 is 1.19 bits per heavy atom. The molecule has 1 aliphatic rings. The van der Waals surface area contributed by atoms with E-state index in [0.717, 1.165) is 36.8 Å². The van der Waals surface area contributed by atoms with Gasteiger partial charge in [0.05, 0.1) is 4.47 Å². The molecule has 0 heterocycles. The topological polar surface area (TPSA) is 58.6 Å². The molecule has 0 aliphatic heterocycles. The number of aryl methyl sites for hydroxylation is 1. The fourth-order valence-corrected chi connectivity index (χ4v) is 4.48. The van der Waals surface area contributed by atoms with Crippen LogP contribution in [0.1, 0.15) is 43.7 Å². The van der Waals surface area contributed by atoms with Gasteiger partial charge in [-0.2, -0.15) is 0 Å². The van der Waals surface area contributed by atoms with Gasteiger partial charge in [0.15, 0.2) is 6.61 Å². The van der Waals surface area contributed by atoms with E-state index in [0.29, 0.717) is 21.8 Å². The molecular weight excluding hydrogens is 480 g/mol. The van der Waals surface area contributed by atoms with E-state index in [4.69, 9.17) is 16.3 Å². The van der Waals surface area contributed by atoms with Gasteiger partial charge < -0.3 is 15.0 Å². The molecule has 0 spiro atoms. The van der Waals surface area contributed by atoms with Crippen LogP contribution in [0.15, 0.2) is 46.9 Å². The summed E-state index contributed by atoms with van der Waals surface area (Å²) in [6.07, 6.45) is 4.26. The Balaban J connectivity index is 1.72. The maximum absolute atomic E-state index is 13.1. The highest BCUT2D eigenvalue weighted by Crippen LogP contribution is 2.28. The molecule has 2 aromatic carbocycles. The van der Waals surface area contributed by atoms with Crippen LogP contribution < -0.4 is 10.1 Å². The normalized spacial score (nSPS) is 14.8. The fourth-order valence-electron chi connectivity index (χ4n) is 3.68. The number of carbonyl (C=O) groups excluding carboxylic acids is 2. The van der Waals surface area contributed by atoms with E-state index in [9.17, 15) is 9.59 Å². The number of amides is 2. The lowest BCUT2D eigenvalue weighted by molar-refractivity contribution is -0.142. The first kappa shape index (κ1) is 23.6. The summed E-state index contributed by atoms with van der Waals surface area (Å²) in [4.78, 5) is 27.6. The SMILES string of the molecule is Cc1ccc(CN(C(=O)COc2ccc(Cl)cc2Br)[C@@H](C)C(=O)NC2CCCC2)cc1. The van der Waals surface area contributed by atoms with Crippen LogP contribution >= 0.6 is 27.5 Å².